The molecule has 0 atom stereocenters. The third kappa shape index (κ3) is 6.51. The summed E-state index contributed by atoms with van der Waals surface area (Å²) in [5, 5.41) is 3.90. The van der Waals surface area contributed by atoms with Crippen molar-refractivity contribution < 1.29 is 0 Å². The first-order chi connectivity index (χ1) is 4.83. The van der Waals surface area contributed by atoms with Gasteiger partial charge in [0.15, 0.2) is 0 Å². The van der Waals surface area contributed by atoms with Gasteiger partial charge in [0.05, 0.1) is 0 Å². The van der Waals surface area contributed by atoms with E-state index in [0.717, 1.165) is 0 Å². The second-order valence-electron chi connectivity index (χ2n) is 3.86. The molecule has 0 amide bonds. The summed E-state index contributed by atoms with van der Waals surface area (Å²) < 4.78 is 3.35. The van der Waals surface area contributed by atoms with E-state index in [2.05, 4.69) is 24.8 Å². The minimum absolute atomic E-state index is 1.85. The molecular formula is C8H18N2Sn. The van der Waals surface area contributed by atoms with Crippen LogP contribution in [0.5, 0.6) is 0 Å². The van der Waals surface area contributed by atoms with Crippen LogP contribution in [0.2, 0.25) is 14.8 Å². The molecule has 0 aromatic rings. The maximum atomic E-state index is 3.35. The van der Waals surface area contributed by atoms with Gasteiger partial charge in [0.1, 0.15) is 0 Å². The van der Waals surface area contributed by atoms with Crippen molar-refractivity contribution in [1.29, 1.82) is 0 Å². The molecule has 0 rings (SSSR count). The van der Waals surface area contributed by atoms with Crippen molar-refractivity contribution in [2.45, 2.75) is 14.8 Å². The first-order valence-electron chi connectivity index (χ1n) is 3.77. The van der Waals surface area contributed by atoms with Crippen molar-refractivity contribution in [3.63, 3.8) is 0 Å². The molecule has 0 aromatic heterocycles. The van der Waals surface area contributed by atoms with E-state index >= 15 is 0 Å². The summed E-state index contributed by atoms with van der Waals surface area (Å²) in [6.07, 6.45) is 0. The molecule has 0 saturated heterocycles. The summed E-state index contributed by atoms with van der Waals surface area (Å²) in [5.74, 6) is 0. The van der Waals surface area contributed by atoms with Crippen molar-refractivity contribution in [3.05, 3.63) is 0 Å². The average Bonchev–Trinajstić information content (AvgIpc) is 1.80. The van der Waals surface area contributed by atoms with Gasteiger partial charge in [0.2, 0.25) is 0 Å². The van der Waals surface area contributed by atoms with Crippen LogP contribution in [0.15, 0.2) is 0 Å². The molecule has 0 fully saturated rings. The van der Waals surface area contributed by atoms with Crippen LogP contribution in [0.25, 0.3) is 0 Å². The number of rotatable bonds is 1. The van der Waals surface area contributed by atoms with Gasteiger partial charge < -0.3 is 0 Å². The summed E-state index contributed by atoms with van der Waals surface area (Å²) in [4.78, 5) is 6.93. The first kappa shape index (κ1) is 11.1. The summed E-state index contributed by atoms with van der Waals surface area (Å²) in [7, 11) is 5.96. The Bertz CT molecular complexity index is 171. The summed E-state index contributed by atoms with van der Waals surface area (Å²) in [5.41, 5.74) is 0. The summed E-state index contributed by atoms with van der Waals surface area (Å²) >= 11 is -1.85. The van der Waals surface area contributed by atoms with Crippen LogP contribution in [-0.2, 0) is 0 Å². The Morgan fingerprint density at radius 2 is 1.45 bits per heavy atom. The first-order valence-corrected chi connectivity index (χ1v) is 13.8. The molecule has 3 heteroatoms. The molecule has 0 radical (unpaired) electrons. The third-order valence-corrected chi connectivity index (χ3v) is 3.65. The van der Waals surface area contributed by atoms with Crippen LogP contribution in [-0.4, -0.2) is 49.5 Å². The predicted octanol–water partition coefficient (Wildman–Crippen LogP) is 1.23. The van der Waals surface area contributed by atoms with Crippen LogP contribution in [0.4, 0.5) is 0 Å². The standard InChI is InChI=1S/C5H9N2.3CH3.Sn/c1-5-7(4)6(2)3;;;;/h2-4H3;3*1H3;. The van der Waals surface area contributed by atoms with E-state index in [9.17, 15) is 0 Å². The van der Waals surface area contributed by atoms with E-state index in [0.29, 0.717) is 0 Å². The van der Waals surface area contributed by atoms with Crippen LogP contribution >= 0.6 is 0 Å². The Hall–Kier alpha value is 0.119. The van der Waals surface area contributed by atoms with Crippen molar-refractivity contribution in [1.82, 2.24) is 10.0 Å². The molecular weight excluding hydrogens is 243 g/mol. The van der Waals surface area contributed by atoms with E-state index in [-0.39, 0.29) is 0 Å². The Kier molecular flexibility index (Phi) is 4.27. The number of hydrogen-bond acceptors (Lipinski definition) is 2. The SMILES string of the molecule is CN(C)N(C)C#[C][Sn]([CH3])([CH3])[CH3]. The van der Waals surface area contributed by atoms with Crippen molar-refractivity contribution in [2.24, 2.45) is 0 Å². The molecule has 0 heterocycles. The van der Waals surface area contributed by atoms with Gasteiger partial charge in [-0.2, -0.15) is 0 Å². The fourth-order valence-electron chi connectivity index (χ4n) is 0.349. The van der Waals surface area contributed by atoms with Crippen LogP contribution < -0.4 is 0 Å². The molecule has 0 spiro atoms. The fourth-order valence-corrected chi connectivity index (χ4v) is 1.77. The predicted molar refractivity (Wildman–Crippen MR) is 52.6 cm³/mol. The van der Waals surface area contributed by atoms with Crippen molar-refractivity contribution in [3.8, 4) is 9.98 Å². The Morgan fingerprint density at radius 1 is 1.00 bits per heavy atom. The topological polar surface area (TPSA) is 6.48 Å². The molecule has 0 N–H and O–H groups in total. The van der Waals surface area contributed by atoms with Crippen molar-refractivity contribution in [2.75, 3.05) is 21.1 Å². The van der Waals surface area contributed by atoms with Gasteiger partial charge in [-0.25, -0.2) is 0 Å². The molecule has 2 nitrogen and oxygen atoms in total. The zero-order chi connectivity index (χ0) is 9.07. The molecule has 0 bridgehead atoms. The van der Waals surface area contributed by atoms with Gasteiger partial charge in [-0.05, 0) is 0 Å². The van der Waals surface area contributed by atoms with Crippen LogP contribution in [0.3, 0.4) is 0 Å². The zero-order valence-electron chi connectivity index (χ0n) is 8.39. The van der Waals surface area contributed by atoms with E-state index in [4.69, 9.17) is 0 Å². The Labute approximate surface area is 74.4 Å². The third-order valence-electron chi connectivity index (χ3n) is 1.19. The molecule has 0 saturated carbocycles. The van der Waals surface area contributed by atoms with E-state index < -0.39 is 18.4 Å². The molecule has 0 unspecified atom stereocenters. The number of nitrogens with zero attached hydrogens (tertiary/aromatic N) is 2. The van der Waals surface area contributed by atoms with Gasteiger partial charge in [-0.3, -0.25) is 0 Å². The second kappa shape index (κ2) is 4.22. The average molecular weight is 261 g/mol. The monoisotopic (exact) mass is 262 g/mol. The molecule has 0 aliphatic rings. The maximum absolute atomic E-state index is 3.35. The molecule has 0 aromatic carbocycles. The molecule has 0 aliphatic carbocycles. The number of hydrazine groups is 1. The van der Waals surface area contributed by atoms with Gasteiger partial charge in [0, 0.05) is 0 Å². The van der Waals surface area contributed by atoms with Gasteiger partial charge in [-0.1, -0.05) is 0 Å². The molecule has 64 valence electrons. The molecule has 11 heavy (non-hydrogen) atoms. The number of hydrogen-bond donors (Lipinski definition) is 0. The van der Waals surface area contributed by atoms with Crippen LogP contribution in [0.1, 0.15) is 0 Å². The van der Waals surface area contributed by atoms with E-state index in [1.165, 1.54) is 0 Å². The zero-order valence-corrected chi connectivity index (χ0v) is 11.2. The Morgan fingerprint density at radius 3 is 1.73 bits per heavy atom. The van der Waals surface area contributed by atoms with E-state index in [1.807, 2.05) is 31.2 Å². The minimum atomic E-state index is -1.85. The van der Waals surface area contributed by atoms with Gasteiger partial charge in [0.25, 0.3) is 0 Å². The fraction of sp³-hybridized carbons (Fsp3) is 0.750. The van der Waals surface area contributed by atoms with Crippen molar-refractivity contribution >= 4 is 18.4 Å². The molecule has 0 aliphatic heterocycles. The normalized spacial score (nSPS) is 10.8. The van der Waals surface area contributed by atoms with Gasteiger partial charge >= 0.3 is 74.3 Å². The Balaban J connectivity index is 4.08. The second-order valence-corrected chi connectivity index (χ2v) is 17.4. The van der Waals surface area contributed by atoms with Gasteiger partial charge in [-0.15, -0.1) is 0 Å². The summed E-state index contributed by atoms with van der Waals surface area (Å²) in [6, 6.07) is 3.12. The van der Waals surface area contributed by atoms with Crippen LogP contribution in [0, 0.1) is 9.98 Å². The quantitative estimate of drug-likeness (QED) is 0.303. The van der Waals surface area contributed by atoms with E-state index in [1.54, 1.807) is 0 Å². The summed E-state index contributed by atoms with van der Waals surface area (Å²) in [6.45, 7) is 0.